The number of aromatic nitrogens is 2. The van der Waals surface area contributed by atoms with Crippen molar-refractivity contribution in [1.82, 2.24) is 10.1 Å². The Morgan fingerprint density at radius 2 is 1.72 bits per heavy atom. The molecule has 0 saturated heterocycles. The predicted molar refractivity (Wildman–Crippen MR) is 66.7 cm³/mol. The largest absolute Gasteiger partial charge is 0.338 e. The Hall–Kier alpha value is -0.900. The summed E-state index contributed by atoms with van der Waals surface area (Å²) < 4.78 is 5.30. The van der Waals surface area contributed by atoms with E-state index in [9.17, 15) is 0 Å². The molecule has 4 fully saturated rings. The fourth-order valence-corrected chi connectivity index (χ4v) is 4.91. The number of nitrogens with zero attached hydrogens (tertiary/aromatic N) is 2. The first kappa shape index (κ1) is 11.0. The normalized spacial score (nSPS) is 43.3. The van der Waals surface area contributed by atoms with Crippen LogP contribution in [0.3, 0.4) is 0 Å². The van der Waals surface area contributed by atoms with E-state index >= 15 is 0 Å². The molecule has 98 valence electrons. The van der Waals surface area contributed by atoms with Gasteiger partial charge in [-0.3, -0.25) is 0 Å². The van der Waals surface area contributed by atoms with Gasteiger partial charge in [0, 0.05) is 5.92 Å². The van der Waals surface area contributed by atoms with Crippen molar-refractivity contribution < 1.29 is 4.52 Å². The monoisotopic (exact) mass is 247 g/mol. The van der Waals surface area contributed by atoms with Gasteiger partial charge in [-0.2, -0.15) is 4.98 Å². The van der Waals surface area contributed by atoms with Crippen LogP contribution in [0.1, 0.15) is 62.7 Å². The average molecular weight is 247 g/mol. The molecule has 4 aliphatic rings. The van der Waals surface area contributed by atoms with Gasteiger partial charge in [0.2, 0.25) is 5.89 Å². The van der Waals surface area contributed by atoms with E-state index in [-0.39, 0.29) is 6.04 Å². The zero-order chi connectivity index (χ0) is 12.3. The minimum atomic E-state index is -0.150. The van der Waals surface area contributed by atoms with Crippen LogP contribution in [0.4, 0.5) is 0 Å². The van der Waals surface area contributed by atoms with Crippen molar-refractivity contribution in [3.8, 4) is 0 Å². The molecule has 1 aromatic heterocycles. The van der Waals surface area contributed by atoms with E-state index in [4.69, 9.17) is 10.3 Å². The summed E-state index contributed by atoms with van der Waals surface area (Å²) in [5.41, 5.74) is 5.81. The lowest BCUT2D eigenvalue weighted by atomic mass is 9.52. The van der Waals surface area contributed by atoms with Gasteiger partial charge in [-0.15, -0.1) is 0 Å². The summed E-state index contributed by atoms with van der Waals surface area (Å²) in [5.74, 6) is 5.68. The third-order valence-electron chi connectivity index (χ3n) is 5.37. The molecular weight excluding hydrogens is 226 g/mol. The number of hydrogen-bond donors (Lipinski definition) is 1. The summed E-state index contributed by atoms with van der Waals surface area (Å²) in [4.78, 5) is 4.55. The summed E-state index contributed by atoms with van der Waals surface area (Å²) in [6, 6.07) is -0.150. The third-order valence-corrected chi connectivity index (χ3v) is 5.37. The standard InChI is InChI=1S/C14H21N3O/c1-7(15)14-16-13(17-18-14)12-10-3-8-2-9(5-10)6-11(12)4-8/h7-12H,2-6,15H2,1H3. The molecule has 4 heteroatoms. The molecule has 2 N–H and O–H groups in total. The summed E-state index contributed by atoms with van der Waals surface area (Å²) >= 11 is 0. The van der Waals surface area contributed by atoms with Crippen molar-refractivity contribution in [1.29, 1.82) is 0 Å². The second-order valence-electron chi connectivity index (χ2n) is 6.74. The Balaban J connectivity index is 1.64. The maximum Gasteiger partial charge on any atom is 0.243 e. The molecule has 1 atom stereocenters. The van der Waals surface area contributed by atoms with Gasteiger partial charge in [0.05, 0.1) is 6.04 Å². The summed E-state index contributed by atoms with van der Waals surface area (Å²) in [7, 11) is 0. The molecule has 4 bridgehead atoms. The average Bonchev–Trinajstić information content (AvgIpc) is 2.77. The third kappa shape index (κ3) is 1.54. The zero-order valence-electron chi connectivity index (χ0n) is 10.9. The quantitative estimate of drug-likeness (QED) is 0.872. The van der Waals surface area contributed by atoms with E-state index in [1.54, 1.807) is 0 Å². The molecule has 1 aromatic rings. The predicted octanol–water partition coefficient (Wildman–Crippen LogP) is 2.63. The van der Waals surface area contributed by atoms with Crippen LogP contribution in [0.25, 0.3) is 0 Å². The minimum Gasteiger partial charge on any atom is -0.338 e. The van der Waals surface area contributed by atoms with Gasteiger partial charge in [0.15, 0.2) is 5.82 Å². The Labute approximate surface area is 107 Å². The van der Waals surface area contributed by atoms with Gasteiger partial charge in [-0.05, 0) is 62.7 Å². The summed E-state index contributed by atoms with van der Waals surface area (Å²) in [6.45, 7) is 1.90. The van der Waals surface area contributed by atoms with Crippen LogP contribution in [-0.2, 0) is 0 Å². The molecule has 0 radical (unpaired) electrons. The molecule has 4 nitrogen and oxygen atoms in total. The lowest BCUT2D eigenvalue weighted by Crippen LogP contribution is -2.44. The molecular formula is C14H21N3O. The van der Waals surface area contributed by atoms with Crippen LogP contribution in [0.5, 0.6) is 0 Å². The van der Waals surface area contributed by atoms with E-state index < -0.39 is 0 Å². The number of hydrogen-bond acceptors (Lipinski definition) is 4. The van der Waals surface area contributed by atoms with Crippen molar-refractivity contribution in [2.75, 3.05) is 0 Å². The molecule has 4 saturated carbocycles. The highest BCUT2D eigenvalue weighted by atomic mass is 16.5. The van der Waals surface area contributed by atoms with Crippen LogP contribution in [0, 0.1) is 23.7 Å². The number of rotatable bonds is 2. The molecule has 0 aromatic carbocycles. The molecule has 4 aliphatic carbocycles. The molecule has 18 heavy (non-hydrogen) atoms. The van der Waals surface area contributed by atoms with E-state index in [1.807, 2.05) is 6.92 Å². The summed E-state index contributed by atoms with van der Waals surface area (Å²) in [6.07, 6.45) is 7.04. The van der Waals surface area contributed by atoms with Gasteiger partial charge >= 0.3 is 0 Å². The van der Waals surface area contributed by atoms with Crippen molar-refractivity contribution in [3.05, 3.63) is 11.7 Å². The molecule has 5 rings (SSSR count). The van der Waals surface area contributed by atoms with Gasteiger partial charge in [0.25, 0.3) is 0 Å². The van der Waals surface area contributed by atoms with Gasteiger partial charge in [-0.1, -0.05) is 5.16 Å². The van der Waals surface area contributed by atoms with Crippen LogP contribution in [0.15, 0.2) is 4.52 Å². The number of nitrogens with two attached hydrogens (primary N) is 1. The van der Waals surface area contributed by atoms with Crippen molar-refractivity contribution in [2.45, 2.75) is 51.0 Å². The molecule has 0 spiro atoms. The Kier molecular flexibility index (Phi) is 2.31. The molecule has 1 unspecified atom stereocenters. The second-order valence-corrected chi connectivity index (χ2v) is 6.74. The van der Waals surface area contributed by atoms with Crippen LogP contribution >= 0.6 is 0 Å². The topological polar surface area (TPSA) is 64.9 Å². The smallest absolute Gasteiger partial charge is 0.243 e. The zero-order valence-corrected chi connectivity index (χ0v) is 10.9. The Morgan fingerprint density at radius 3 is 2.22 bits per heavy atom. The first-order valence-corrected chi connectivity index (χ1v) is 7.29. The van der Waals surface area contributed by atoms with E-state index in [0.717, 1.165) is 29.5 Å². The fraction of sp³-hybridized carbons (Fsp3) is 0.857. The maximum absolute atomic E-state index is 5.81. The van der Waals surface area contributed by atoms with Gasteiger partial charge in [0.1, 0.15) is 0 Å². The van der Waals surface area contributed by atoms with Crippen molar-refractivity contribution >= 4 is 0 Å². The highest BCUT2D eigenvalue weighted by molar-refractivity contribution is 5.10. The highest BCUT2D eigenvalue weighted by Gasteiger charge is 2.50. The molecule has 1 heterocycles. The van der Waals surface area contributed by atoms with Crippen LogP contribution in [-0.4, -0.2) is 10.1 Å². The first-order chi connectivity index (χ1) is 8.70. The lowest BCUT2D eigenvalue weighted by molar-refractivity contribution is -0.00629. The molecule has 0 amide bonds. The fourth-order valence-electron chi connectivity index (χ4n) is 4.91. The highest BCUT2D eigenvalue weighted by Crippen LogP contribution is 2.59. The van der Waals surface area contributed by atoms with Crippen molar-refractivity contribution in [3.63, 3.8) is 0 Å². The second kappa shape index (κ2) is 3.80. The van der Waals surface area contributed by atoms with E-state index in [1.165, 1.54) is 32.1 Å². The van der Waals surface area contributed by atoms with Gasteiger partial charge in [-0.25, -0.2) is 0 Å². The van der Waals surface area contributed by atoms with E-state index in [0.29, 0.717) is 11.8 Å². The molecule has 0 aliphatic heterocycles. The maximum atomic E-state index is 5.81. The Morgan fingerprint density at radius 1 is 1.11 bits per heavy atom. The first-order valence-electron chi connectivity index (χ1n) is 7.29. The van der Waals surface area contributed by atoms with E-state index in [2.05, 4.69) is 10.1 Å². The van der Waals surface area contributed by atoms with Crippen LogP contribution in [0.2, 0.25) is 0 Å². The minimum absolute atomic E-state index is 0.150. The van der Waals surface area contributed by atoms with Crippen LogP contribution < -0.4 is 5.73 Å². The SMILES string of the molecule is CC(N)c1nc(C2C3CC4CC(C3)CC2C4)no1. The van der Waals surface area contributed by atoms with Crippen molar-refractivity contribution in [2.24, 2.45) is 29.4 Å². The van der Waals surface area contributed by atoms with Gasteiger partial charge < -0.3 is 10.3 Å². The lowest BCUT2D eigenvalue weighted by Gasteiger charge is -2.53. The Bertz CT molecular complexity index is 426. The summed E-state index contributed by atoms with van der Waals surface area (Å²) in [5, 5.41) is 4.22.